The molecule has 3 aromatic rings. The molecule has 0 aliphatic heterocycles. The summed E-state index contributed by atoms with van der Waals surface area (Å²) in [4.78, 5) is 24.9. The summed E-state index contributed by atoms with van der Waals surface area (Å²) in [6.07, 6.45) is 0.156. The highest BCUT2D eigenvalue weighted by Crippen LogP contribution is 2.20. The van der Waals surface area contributed by atoms with Crippen molar-refractivity contribution in [2.75, 3.05) is 6.61 Å². The minimum atomic E-state index is -0.557. The Bertz CT molecular complexity index is 870. The van der Waals surface area contributed by atoms with E-state index >= 15 is 0 Å². The predicted octanol–water partition coefficient (Wildman–Crippen LogP) is 3.61. The van der Waals surface area contributed by atoms with Crippen molar-refractivity contribution < 1.29 is 14.3 Å². The topological polar surface area (TPSA) is 61.2 Å². The van der Waals surface area contributed by atoms with Crippen LogP contribution >= 0.6 is 0 Å². The molecule has 0 saturated heterocycles. The monoisotopic (exact) mass is 334 g/mol. The van der Waals surface area contributed by atoms with Crippen LogP contribution in [0.3, 0.4) is 0 Å². The number of aromatic nitrogens is 2. The van der Waals surface area contributed by atoms with Crippen molar-refractivity contribution in [2.45, 2.75) is 13.3 Å². The molecule has 1 heterocycles. The number of nitrogens with zero attached hydrogens (tertiary/aromatic N) is 2. The van der Waals surface area contributed by atoms with Gasteiger partial charge in [0, 0.05) is 5.56 Å². The molecule has 0 unspecified atom stereocenters. The van der Waals surface area contributed by atoms with E-state index in [-0.39, 0.29) is 24.6 Å². The first-order valence-corrected chi connectivity index (χ1v) is 8.08. The van der Waals surface area contributed by atoms with Crippen LogP contribution in [-0.4, -0.2) is 28.3 Å². The van der Waals surface area contributed by atoms with E-state index in [4.69, 9.17) is 4.74 Å². The summed E-state index contributed by atoms with van der Waals surface area (Å²) in [5.74, 6) is -0.838. The first kappa shape index (κ1) is 16.6. The summed E-state index contributed by atoms with van der Waals surface area (Å²) in [5.41, 5.74) is 2.39. The van der Waals surface area contributed by atoms with Gasteiger partial charge in [-0.05, 0) is 18.6 Å². The van der Waals surface area contributed by atoms with Gasteiger partial charge >= 0.3 is 5.97 Å². The van der Waals surface area contributed by atoms with Gasteiger partial charge in [-0.15, -0.1) is 0 Å². The second-order valence-electron chi connectivity index (χ2n) is 5.47. The molecule has 0 amide bonds. The molecule has 0 atom stereocenters. The molecule has 0 N–H and O–H groups in total. The normalized spacial score (nSPS) is 10.4. The lowest BCUT2D eigenvalue weighted by Crippen LogP contribution is -2.21. The van der Waals surface area contributed by atoms with E-state index < -0.39 is 5.97 Å². The van der Waals surface area contributed by atoms with E-state index in [1.807, 2.05) is 60.7 Å². The molecule has 2 aromatic carbocycles. The second kappa shape index (κ2) is 7.57. The quantitative estimate of drug-likeness (QED) is 0.669. The zero-order chi connectivity index (χ0) is 17.6. The fourth-order valence-corrected chi connectivity index (χ4v) is 2.52. The van der Waals surface area contributed by atoms with Crippen molar-refractivity contribution in [3.05, 3.63) is 78.0 Å². The third kappa shape index (κ3) is 3.83. The van der Waals surface area contributed by atoms with Gasteiger partial charge in [-0.1, -0.05) is 60.7 Å². The van der Waals surface area contributed by atoms with E-state index in [1.165, 1.54) is 0 Å². The summed E-state index contributed by atoms with van der Waals surface area (Å²) < 4.78 is 6.21. The first-order valence-electron chi connectivity index (χ1n) is 8.08. The fourth-order valence-electron chi connectivity index (χ4n) is 2.52. The van der Waals surface area contributed by atoms with Crippen LogP contribution in [0.15, 0.2) is 66.7 Å². The lowest BCUT2D eigenvalue weighted by Gasteiger charge is -2.05. The Morgan fingerprint density at radius 2 is 1.64 bits per heavy atom. The number of hydrogen-bond acceptors (Lipinski definition) is 4. The van der Waals surface area contributed by atoms with E-state index in [0.29, 0.717) is 5.69 Å². The van der Waals surface area contributed by atoms with Crippen molar-refractivity contribution in [3.8, 4) is 11.3 Å². The molecule has 3 rings (SSSR count). The zero-order valence-corrected chi connectivity index (χ0v) is 13.9. The van der Waals surface area contributed by atoms with Gasteiger partial charge in [-0.2, -0.15) is 9.78 Å². The molecule has 0 saturated carbocycles. The maximum Gasteiger partial charge on any atom is 0.357 e. The third-order valence-electron chi connectivity index (χ3n) is 3.70. The smallest absolute Gasteiger partial charge is 0.357 e. The molecule has 0 aliphatic rings. The summed E-state index contributed by atoms with van der Waals surface area (Å²) in [5, 5.41) is 4.35. The summed E-state index contributed by atoms with van der Waals surface area (Å²) in [6.45, 7) is 1.96. The van der Waals surface area contributed by atoms with Crippen molar-refractivity contribution in [1.82, 2.24) is 9.78 Å². The molecular weight excluding hydrogens is 316 g/mol. The average Bonchev–Trinajstić information content (AvgIpc) is 3.09. The van der Waals surface area contributed by atoms with Crippen LogP contribution in [0.25, 0.3) is 11.3 Å². The minimum absolute atomic E-state index is 0.140. The number of carbonyl (C=O) groups is 2. The average molecular weight is 334 g/mol. The van der Waals surface area contributed by atoms with Gasteiger partial charge in [0.05, 0.1) is 18.7 Å². The third-order valence-corrected chi connectivity index (χ3v) is 3.70. The van der Waals surface area contributed by atoms with Gasteiger partial charge in [0.2, 0.25) is 0 Å². The molecule has 1 aromatic heterocycles. The van der Waals surface area contributed by atoms with Gasteiger partial charge < -0.3 is 4.74 Å². The predicted molar refractivity (Wildman–Crippen MR) is 94.4 cm³/mol. The number of ether oxygens (including phenoxy) is 1. The Morgan fingerprint density at radius 3 is 2.28 bits per heavy atom. The zero-order valence-electron chi connectivity index (χ0n) is 13.9. The maximum atomic E-state index is 12.7. The van der Waals surface area contributed by atoms with Crippen molar-refractivity contribution in [1.29, 1.82) is 0 Å². The lowest BCUT2D eigenvalue weighted by atomic mass is 10.1. The second-order valence-corrected chi connectivity index (χ2v) is 5.47. The summed E-state index contributed by atoms with van der Waals surface area (Å²) in [7, 11) is 0. The SMILES string of the molecule is CCOC(=O)c1cc(-c2ccccc2)nn1C(=O)Cc1ccccc1. The maximum absolute atomic E-state index is 12.7. The van der Waals surface area contributed by atoms with Crippen LogP contribution in [0.1, 0.15) is 27.8 Å². The van der Waals surface area contributed by atoms with Crippen molar-refractivity contribution in [2.24, 2.45) is 0 Å². The fraction of sp³-hybridized carbons (Fsp3) is 0.150. The van der Waals surface area contributed by atoms with Gasteiger partial charge in [-0.25, -0.2) is 4.79 Å². The molecule has 0 bridgehead atoms. The molecule has 0 spiro atoms. The van der Waals surface area contributed by atoms with E-state index in [2.05, 4.69) is 5.10 Å². The largest absolute Gasteiger partial charge is 0.461 e. The Labute approximate surface area is 145 Å². The Balaban J connectivity index is 1.97. The Kier molecular flexibility index (Phi) is 5.04. The molecular formula is C20H18N2O3. The van der Waals surface area contributed by atoms with Crippen LogP contribution in [0.5, 0.6) is 0 Å². The number of hydrogen-bond donors (Lipinski definition) is 0. The van der Waals surface area contributed by atoms with Crippen LogP contribution in [0.2, 0.25) is 0 Å². The van der Waals surface area contributed by atoms with Crippen LogP contribution < -0.4 is 0 Å². The molecule has 0 aliphatic carbocycles. The molecule has 5 nitrogen and oxygen atoms in total. The minimum Gasteiger partial charge on any atom is -0.461 e. The van der Waals surface area contributed by atoms with Gasteiger partial charge in [0.25, 0.3) is 5.91 Å². The van der Waals surface area contributed by atoms with Crippen LogP contribution in [0, 0.1) is 0 Å². The molecule has 0 fully saturated rings. The van der Waals surface area contributed by atoms with E-state index in [0.717, 1.165) is 15.8 Å². The highest BCUT2D eigenvalue weighted by Gasteiger charge is 2.21. The Hall–Kier alpha value is -3.21. The standard InChI is InChI=1S/C20H18N2O3/c1-2-25-20(24)18-14-17(16-11-7-4-8-12-16)21-22(18)19(23)13-15-9-5-3-6-10-15/h3-12,14H,2,13H2,1H3. The molecule has 5 heteroatoms. The van der Waals surface area contributed by atoms with Crippen LogP contribution in [-0.2, 0) is 11.2 Å². The van der Waals surface area contributed by atoms with Crippen LogP contribution in [0.4, 0.5) is 0 Å². The van der Waals surface area contributed by atoms with Gasteiger partial charge in [0.15, 0.2) is 5.69 Å². The molecule has 126 valence electrons. The number of benzene rings is 2. The van der Waals surface area contributed by atoms with Gasteiger partial charge in [0.1, 0.15) is 0 Å². The highest BCUT2D eigenvalue weighted by molar-refractivity contribution is 5.95. The van der Waals surface area contributed by atoms with E-state index in [9.17, 15) is 9.59 Å². The number of esters is 1. The molecule has 0 radical (unpaired) electrons. The number of rotatable bonds is 5. The first-order chi connectivity index (χ1) is 12.2. The number of carbonyl (C=O) groups excluding carboxylic acids is 2. The lowest BCUT2D eigenvalue weighted by molar-refractivity contribution is 0.0505. The van der Waals surface area contributed by atoms with E-state index in [1.54, 1.807) is 13.0 Å². The van der Waals surface area contributed by atoms with Crippen molar-refractivity contribution in [3.63, 3.8) is 0 Å². The molecule has 25 heavy (non-hydrogen) atoms. The summed E-state index contributed by atoms with van der Waals surface area (Å²) >= 11 is 0. The van der Waals surface area contributed by atoms with Gasteiger partial charge in [-0.3, -0.25) is 4.79 Å². The summed E-state index contributed by atoms with van der Waals surface area (Å²) in [6, 6.07) is 20.4. The highest BCUT2D eigenvalue weighted by atomic mass is 16.5. The Morgan fingerprint density at radius 1 is 1.00 bits per heavy atom. The van der Waals surface area contributed by atoms with Crippen molar-refractivity contribution >= 4 is 11.9 Å².